The highest BCUT2D eigenvalue weighted by Crippen LogP contribution is 2.27. The summed E-state index contributed by atoms with van der Waals surface area (Å²) in [5.74, 6) is -0.123. The van der Waals surface area contributed by atoms with Crippen molar-refractivity contribution in [2.45, 2.75) is 31.8 Å². The Balaban J connectivity index is 1.54. The predicted molar refractivity (Wildman–Crippen MR) is 98.5 cm³/mol. The summed E-state index contributed by atoms with van der Waals surface area (Å²) in [5, 5.41) is 7.88. The lowest BCUT2D eigenvalue weighted by atomic mass is 10.2. The first-order valence-electron chi connectivity index (χ1n) is 8.23. The lowest BCUT2D eigenvalue weighted by molar-refractivity contribution is -0.139. The first-order valence-corrected chi connectivity index (χ1v) is 9.99. The van der Waals surface area contributed by atoms with E-state index in [2.05, 4.69) is 10.3 Å². The van der Waals surface area contributed by atoms with Crippen LogP contribution in [-0.4, -0.2) is 48.0 Å². The first kappa shape index (κ1) is 18.0. The number of carbonyl (C=O) groups excluding carboxylic acids is 2. The van der Waals surface area contributed by atoms with Crippen molar-refractivity contribution in [2.24, 2.45) is 0 Å². The Bertz CT molecular complexity index is 715. The molecule has 1 atom stereocenters. The highest BCUT2D eigenvalue weighted by atomic mass is 32.1. The van der Waals surface area contributed by atoms with E-state index >= 15 is 0 Å². The van der Waals surface area contributed by atoms with Gasteiger partial charge in [-0.1, -0.05) is 6.07 Å². The van der Waals surface area contributed by atoms with Crippen molar-refractivity contribution in [2.75, 3.05) is 20.3 Å². The molecule has 1 unspecified atom stereocenters. The van der Waals surface area contributed by atoms with Gasteiger partial charge in [-0.25, -0.2) is 4.98 Å². The van der Waals surface area contributed by atoms with Crippen LogP contribution in [0.4, 0.5) is 0 Å². The van der Waals surface area contributed by atoms with Gasteiger partial charge in [-0.3, -0.25) is 9.59 Å². The predicted octanol–water partition coefficient (Wildman–Crippen LogP) is 2.52. The number of rotatable bonds is 7. The van der Waals surface area contributed by atoms with Crippen molar-refractivity contribution in [3.8, 4) is 9.88 Å². The van der Waals surface area contributed by atoms with Crippen LogP contribution in [-0.2, 0) is 20.9 Å². The van der Waals surface area contributed by atoms with E-state index in [-0.39, 0.29) is 17.9 Å². The molecule has 134 valence electrons. The average Bonchev–Trinajstić information content (AvgIpc) is 3.37. The van der Waals surface area contributed by atoms with Crippen LogP contribution in [0.15, 0.2) is 22.9 Å². The lowest BCUT2D eigenvalue weighted by Crippen LogP contribution is -2.46. The smallest absolute Gasteiger partial charge is 0.243 e. The molecule has 3 heterocycles. The molecule has 0 spiro atoms. The monoisotopic (exact) mass is 379 g/mol. The molecule has 2 aromatic heterocycles. The zero-order valence-electron chi connectivity index (χ0n) is 14.1. The van der Waals surface area contributed by atoms with Crippen LogP contribution in [0.2, 0.25) is 0 Å². The third-order valence-electron chi connectivity index (χ3n) is 4.12. The molecule has 0 aromatic carbocycles. The molecular weight excluding hydrogens is 358 g/mol. The number of hydrogen-bond acceptors (Lipinski definition) is 6. The fourth-order valence-corrected chi connectivity index (χ4v) is 4.50. The third kappa shape index (κ3) is 4.45. The maximum absolute atomic E-state index is 12.5. The van der Waals surface area contributed by atoms with Gasteiger partial charge < -0.3 is 15.0 Å². The van der Waals surface area contributed by atoms with E-state index in [0.717, 1.165) is 22.0 Å². The molecule has 1 aliphatic heterocycles. The SMILES string of the molecule is COCCC(=O)N1CCCC1C(=O)NCc1csc(-c2cccs2)n1. The first-order chi connectivity index (χ1) is 12.2. The van der Waals surface area contributed by atoms with E-state index in [1.165, 1.54) is 0 Å². The van der Waals surface area contributed by atoms with Gasteiger partial charge in [0.15, 0.2) is 0 Å². The van der Waals surface area contributed by atoms with Gasteiger partial charge in [0.25, 0.3) is 0 Å². The van der Waals surface area contributed by atoms with Gasteiger partial charge in [0, 0.05) is 19.0 Å². The molecule has 6 nitrogen and oxygen atoms in total. The number of nitrogens with one attached hydrogen (secondary N) is 1. The minimum Gasteiger partial charge on any atom is -0.384 e. The second-order valence-electron chi connectivity index (χ2n) is 5.83. The van der Waals surface area contributed by atoms with E-state index in [9.17, 15) is 9.59 Å². The lowest BCUT2D eigenvalue weighted by Gasteiger charge is -2.23. The number of thiophene rings is 1. The Morgan fingerprint density at radius 1 is 1.44 bits per heavy atom. The van der Waals surface area contributed by atoms with Crippen molar-refractivity contribution < 1.29 is 14.3 Å². The highest BCUT2D eigenvalue weighted by Gasteiger charge is 2.33. The number of carbonyl (C=O) groups is 2. The van der Waals surface area contributed by atoms with Gasteiger partial charge in [-0.2, -0.15) is 0 Å². The number of nitrogens with zero attached hydrogens (tertiary/aromatic N) is 2. The van der Waals surface area contributed by atoms with Gasteiger partial charge in [-0.15, -0.1) is 22.7 Å². The molecule has 2 aromatic rings. The van der Waals surface area contributed by atoms with Gasteiger partial charge >= 0.3 is 0 Å². The van der Waals surface area contributed by atoms with Crippen molar-refractivity contribution in [1.82, 2.24) is 15.2 Å². The Morgan fingerprint density at radius 3 is 3.08 bits per heavy atom. The molecule has 3 rings (SSSR count). The van der Waals surface area contributed by atoms with Gasteiger partial charge in [-0.05, 0) is 24.3 Å². The average molecular weight is 380 g/mol. The summed E-state index contributed by atoms with van der Waals surface area (Å²) < 4.78 is 4.95. The summed E-state index contributed by atoms with van der Waals surface area (Å²) in [6.07, 6.45) is 1.88. The molecule has 0 aliphatic carbocycles. The standard InChI is InChI=1S/C17H21N3O3S2/c1-23-8-6-15(21)20-7-2-4-13(20)16(22)18-10-12-11-25-17(19-12)14-5-3-9-24-14/h3,5,9,11,13H,2,4,6-8,10H2,1H3,(H,18,22). The van der Waals surface area contributed by atoms with Crippen LogP contribution in [0.5, 0.6) is 0 Å². The Kier molecular flexibility index (Phi) is 6.17. The molecule has 1 fully saturated rings. The van der Waals surface area contributed by atoms with Gasteiger partial charge in [0.2, 0.25) is 11.8 Å². The summed E-state index contributed by atoms with van der Waals surface area (Å²) in [7, 11) is 1.57. The van der Waals surface area contributed by atoms with Gasteiger partial charge in [0.05, 0.1) is 30.1 Å². The summed E-state index contributed by atoms with van der Waals surface area (Å²) in [6, 6.07) is 3.66. The minimum absolute atomic E-state index is 0.0202. The zero-order chi connectivity index (χ0) is 17.6. The summed E-state index contributed by atoms with van der Waals surface area (Å²) in [6.45, 7) is 1.41. The van der Waals surface area contributed by atoms with Crippen molar-refractivity contribution in [1.29, 1.82) is 0 Å². The molecule has 2 amide bonds. The maximum atomic E-state index is 12.5. The Labute approximate surface area is 154 Å². The fourth-order valence-electron chi connectivity index (χ4n) is 2.87. The number of amides is 2. The number of thiazole rings is 1. The quantitative estimate of drug-likeness (QED) is 0.802. The molecule has 0 bridgehead atoms. The van der Waals surface area contributed by atoms with E-state index in [0.29, 0.717) is 32.5 Å². The van der Waals surface area contributed by atoms with E-state index in [4.69, 9.17) is 4.74 Å². The molecular formula is C17H21N3O3S2. The topological polar surface area (TPSA) is 71.5 Å². The van der Waals surface area contributed by atoms with E-state index in [1.54, 1.807) is 34.7 Å². The Morgan fingerprint density at radius 2 is 2.32 bits per heavy atom. The zero-order valence-corrected chi connectivity index (χ0v) is 15.7. The van der Waals surface area contributed by atoms with Crippen LogP contribution in [0, 0.1) is 0 Å². The second-order valence-corrected chi connectivity index (χ2v) is 7.63. The maximum Gasteiger partial charge on any atom is 0.243 e. The second kappa shape index (κ2) is 8.55. The largest absolute Gasteiger partial charge is 0.384 e. The summed E-state index contributed by atoms with van der Waals surface area (Å²) in [5.41, 5.74) is 0.844. The molecule has 25 heavy (non-hydrogen) atoms. The molecule has 0 saturated carbocycles. The molecule has 8 heteroatoms. The summed E-state index contributed by atoms with van der Waals surface area (Å²) in [4.78, 5) is 32.0. The van der Waals surface area contributed by atoms with Crippen LogP contribution >= 0.6 is 22.7 Å². The van der Waals surface area contributed by atoms with Crippen LogP contribution < -0.4 is 5.32 Å². The Hall–Kier alpha value is -1.77. The molecule has 1 N–H and O–H groups in total. The number of methoxy groups -OCH3 is 1. The molecule has 1 saturated heterocycles. The van der Waals surface area contributed by atoms with Crippen LogP contribution in [0.1, 0.15) is 25.0 Å². The number of likely N-dealkylation sites (tertiary alicyclic amines) is 1. The number of ether oxygens (including phenoxy) is 1. The van der Waals surface area contributed by atoms with E-state index in [1.807, 2.05) is 22.9 Å². The number of hydrogen-bond donors (Lipinski definition) is 1. The molecule has 1 aliphatic rings. The fraction of sp³-hybridized carbons (Fsp3) is 0.471. The number of aromatic nitrogens is 1. The van der Waals surface area contributed by atoms with Crippen LogP contribution in [0.25, 0.3) is 9.88 Å². The van der Waals surface area contributed by atoms with Crippen molar-refractivity contribution in [3.05, 3.63) is 28.6 Å². The molecule has 0 radical (unpaired) electrons. The normalized spacial score (nSPS) is 17.0. The minimum atomic E-state index is -0.375. The highest BCUT2D eigenvalue weighted by molar-refractivity contribution is 7.20. The van der Waals surface area contributed by atoms with Crippen molar-refractivity contribution in [3.63, 3.8) is 0 Å². The van der Waals surface area contributed by atoms with E-state index < -0.39 is 0 Å². The summed E-state index contributed by atoms with van der Waals surface area (Å²) >= 11 is 3.23. The van der Waals surface area contributed by atoms with Crippen molar-refractivity contribution >= 4 is 34.5 Å². The third-order valence-corrected chi connectivity index (χ3v) is 6.05. The van der Waals surface area contributed by atoms with Crippen LogP contribution in [0.3, 0.4) is 0 Å². The van der Waals surface area contributed by atoms with Gasteiger partial charge in [0.1, 0.15) is 11.0 Å².